The van der Waals surface area contributed by atoms with Crippen molar-refractivity contribution in [2.75, 3.05) is 0 Å². The highest BCUT2D eigenvalue weighted by Gasteiger charge is 2.25. The predicted molar refractivity (Wildman–Crippen MR) is 77.8 cm³/mol. The minimum absolute atomic E-state index is 0.0714. The summed E-state index contributed by atoms with van der Waals surface area (Å²) in [4.78, 5) is 0. The Hall–Kier alpha value is -1.57. The molecule has 1 aromatic rings. The van der Waals surface area contributed by atoms with Crippen molar-refractivity contribution in [1.29, 1.82) is 5.26 Å². The van der Waals surface area contributed by atoms with Crippen LogP contribution >= 0.6 is 0 Å². The molecule has 122 valence electrons. The topological polar surface area (TPSA) is 23.8 Å². The van der Waals surface area contributed by atoms with Crippen LogP contribution in [0.1, 0.15) is 62.5 Å². The van der Waals surface area contributed by atoms with E-state index >= 15 is 0 Å². The lowest BCUT2D eigenvalue weighted by Gasteiger charge is -2.06. The largest absolute Gasteiger partial charge is 0.389 e. The van der Waals surface area contributed by atoms with Gasteiger partial charge in [0.05, 0.1) is 5.56 Å². The van der Waals surface area contributed by atoms with E-state index in [2.05, 4.69) is 0 Å². The quantitative estimate of drug-likeness (QED) is 0.410. The zero-order chi connectivity index (χ0) is 16.4. The minimum atomic E-state index is -4.03. The fraction of sp³-hybridized carbons (Fsp3) is 0.588. The molecule has 0 saturated heterocycles. The highest BCUT2D eigenvalue weighted by atomic mass is 19.4. The van der Waals surface area contributed by atoms with Gasteiger partial charge in [-0.1, -0.05) is 38.2 Å². The van der Waals surface area contributed by atoms with Crippen LogP contribution in [0, 0.1) is 17.1 Å². The van der Waals surface area contributed by atoms with E-state index in [1.54, 1.807) is 12.1 Å². The third-order valence-electron chi connectivity index (χ3n) is 3.58. The molecule has 1 aromatic carbocycles. The first-order valence-electron chi connectivity index (χ1n) is 7.67. The summed E-state index contributed by atoms with van der Waals surface area (Å²) in [6.45, 7) is 0. The van der Waals surface area contributed by atoms with Crippen LogP contribution in [-0.2, 0) is 6.42 Å². The van der Waals surface area contributed by atoms with Crippen LogP contribution in [0.2, 0.25) is 0 Å². The first-order valence-corrected chi connectivity index (χ1v) is 7.67. The number of aryl methyl sites for hydroxylation is 1. The molecule has 22 heavy (non-hydrogen) atoms. The molecule has 0 unspecified atom stereocenters. The van der Waals surface area contributed by atoms with Crippen LogP contribution in [0.25, 0.3) is 0 Å². The summed E-state index contributed by atoms with van der Waals surface area (Å²) >= 11 is 0. The highest BCUT2D eigenvalue weighted by molar-refractivity contribution is 5.34. The van der Waals surface area contributed by atoms with Gasteiger partial charge in [0.25, 0.3) is 0 Å². The van der Waals surface area contributed by atoms with Gasteiger partial charge < -0.3 is 0 Å². The lowest BCUT2D eigenvalue weighted by molar-refractivity contribution is -0.135. The summed E-state index contributed by atoms with van der Waals surface area (Å²) in [7, 11) is 0. The van der Waals surface area contributed by atoms with E-state index in [4.69, 9.17) is 5.26 Å². The Bertz CT molecular complexity index is 488. The van der Waals surface area contributed by atoms with Gasteiger partial charge in [0, 0.05) is 6.42 Å². The maximum Gasteiger partial charge on any atom is 0.389 e. The van der Waals surface area contributed by atoms with Crippen LogP contribution in [0.3, 0.4) is 0 Å². The number of rotatable bonds is 9. The number of hydrogen-bond donors (Lipinski definition) is 0. The van der Waals surface area contributed by atoms with Gasteiger partial charge in [-0.05, 0) is 37.0 Å². The first-order chi connectivity index (χ1) is 10.4. The second-order valence-corrected chi connectivity index (χ2v) is 5.52. The monoisotopic (exact) mass is 315 g/mol. The van der Waals surface area contributed by atoms with E-state index in [1.807, 2.05) is 6.07 Å². The minimum Gasteiger partial charge on any atom is -0.206 e. The van der Waals surface area contributed by atoms with Crippen LogP contribution in [0.15, 0.2) is 18.2 Å². The summed E-state index contributed by atoms with van der Waals surface area (Å²) in [6.07, 6.45) is 1.66. The molecule has 0 heterocycles. The molecule has 0 aliphatic carbocycles. The lowest BCUT2D eigenvalue weighted by Crippen LogP contribution is -2.06. The van der Waals surface area contributed by atoms with Crippen molar-refractivity contribution in [2.45, 2.75) is 64.0 Å². The molecule has 0 bridgehead atoms. The van der Waals surface area contributed by atoms with Gasteiger partial charge in [-0.15, -0.1) is 0 Å². The smallest absolute Gasteiger partial charge is 0.206 e. The Kier molecular flexibility index (Phi) is 7.94. The number of alkyl halides is 3. The number of nitriles is 1. The Balaban J connectivity index is 2.05. The van der Waals surface area contributed by atoms with Gasteiger partial charge in [0.2, 0.25) is 0 Å². The molecule has 5 heteroatoms. The second-order valence-electron chi connectivity index (χ2n) is 5.52. The SMILES string of the molecule is N#Cc1cc(CCCCCCCCCC(F)(F)F)ccc1F. The number of benzene rings is 1. The lowest BCUT2D eigenvalue weighted by atomic mass is 10.0. The zero-order valence-corrected chi connectivity index (χ0v) is 12.6. The predicted octanol–water partition coefficient (Wildman–Crippen LogP) is 5.92. The molecule has 0 saturated carbocycles. The van der Waals surface area contributed by atoms with Crippen molar-refractivity contribution in [3.05, 3.63) is 35.1 Å². The fourth-order valence-corrected chi connectivity index (χ4v) is 2.35. The number of unbranched alkanes of at least 4 members (excludes halogenated alkanes) is 6. The van der Waals surface area contributed by atoms with Crippen molar-refractivity contribution in [2.24, 2.45) is 0 Å². The standard InChI is InChI=1S/C17H21F4N/c18-16-10-9-14(12-15(16)13-22)8-6-4-2-1-3-5-7-11-17(19,20)21/h9-10,12H,1-8,11H2. The number of hydrogen-bond acceptors (Lipinski definition) is 1. The Morgan fingerprint density at radius 1 is 0.909 bits per heavy atom. The molecule has 0 N–H and O–H groups in total. The van der Waals surface area contributed by atoms with Gasteiger partial charge >= 0.3 is 6.18 Å². The Morgan fingerprint density at radius 3 is 2.09 bits per heavy atom. The van der Waals surface area contributed by atoms with E-state index in [0.717, 1.165) is 44.1 Å². The van der Waals surface area contributed by atoms with E-state index in [-0.39, 0.29) is 12.0 Å². The van der Waals surface area contributed by atoms with Crippen molar-refractivity contribution in [1.82, 2.24) is 0 Å². The Morgan fingerprint density at radius 2 is 1.50 bits per heavy atom. The normalized spacial score (nSPS) is 11.4. The molecule has 0 aromatic heterocycles. The molecule has 0 aliphatic rings. The maximum atomic E-state index is 13.1. The van der Waals surface area contributed by atoms with Gasteiger partial charge in [-0.25, -0.2) is 4.39 Å². The summed E-state index contributed by atoms with van der Waals surface area (Å²) in [6, 6.07) is 6.40. The van der Waals surface area contributed by atoms with Crippen molar-refractivity contribution in [3.8, 4) is 6.07 Å². The van der Waals surface area contributed by atoms with Gasteiger partial charge in [-0.3, -0.25) is 0 Å². The molecule has 0 fully saturated rings. The first kappa shape index (κ1) is 18.5. The van der Waals surface area contributed by atoms with E-state index in [9.17, 15) is 17.6 Å². The van der Waals surface area contributed by atoms with Crippen molar-refractivity contribution >= 4 is 0 Å². The third-order valence-corrected chi connectivity index (χ3v) is 3.58. The number of halogens is 4. The van der Waals surface area contributed by atoms with Crippen LogP contribution < -0.4 is 0 Å². The third kappa shape index (κ3) is 8.02. The molecule has 1 nitrogen and oxygen atoms in total. The van der Waals surface area contributed by atoms with E-state index < -0.39 is 18.4 Å². The summed E-state index contributed by atoms with van der Waals surface area (Å²) in [5.74, 6) is -0.495. The van der Waals surface area contributed by atoms with Crippen LogP contribution in [0.4, 0.5) is 17.6 Å². The maximum absolute atomic E-state index is 13.1. The summed E-state index contributed by atoms with van der Waals surface area (Å²) in [5.41, 5.74) is 1.02. The van der Waals surface area contributed by atoms with Crippen LogP contribution in [0.5, 0.6) is 0 Å². The van der Waals surface area contributed by atoms with Gasteiger partial charge in [-0.2, -0.15) is 18.4 Å². The average molecular weight is 315 g/mol. The molecule has 0 spiro atoms. The highest BCUT2D eigenvalue weighted by Crippen LogP contribution is 2.23. The fourth-order valence-electron chi connectivity index (χ4n) is 2.35. The van der Waals surface area contributed by atoms with Gasteiger partial charge in [0.1, 0.15) is 11.9 Å². The molecular weight excluding hydrogens is 294 g/mol. The van der Waals surface area contributed by atoms with Crippen LogP contribution in [-0.4, -0.2) is 6.18 Å². The number of nitrogens with zero attached hydrogens (tertiary/aromatic N) is 1. The molecule has 0 amide bonds. The molecule has 0 aliphatic heterocycles. The van der Waals surface area contributed by atoms with Gasteiger partial charge in [0.15, 0.2) is 0 Å². The molecule has 0 atom stereocenters. The second kappa shape index (κ2) is 9.45. The molecule has 0 radical (unpaired) electrons. The summed E-state index contributed by atoms with van der Waals surface area (Å²) < 4.78 is 48.9. The molecule has 1 rings (SSSR count). The Labute approximate surface area is 129 Å². The van der Waals surface area contributed by atoms with E-state index in [1.165, 1.54) is 6.07 Å². The average Bonchev–Trinajstić information content (AvgIpc) is 2.46. The van der Waals surface area contributed by atoms with E-state index in [0.29, 0.717) is 6.42 Å². The zero-order valence-electron chi connectivity index (χ0n) is 12.6. The summed E-state index contributed by atoms with van der Waals surface area (Å²) in [5, 5.41) is 8.75. The molecular formula is C17H21F4N. The van der Waals surface area contributed by atoms with Crippen molar-refractivity contribution in [3.63, 3.8) is 0 Å². The van der Waals surface area contributed by atoms with Crippen molar-refractivity contribution < 1.29 is 17.6 Å².